The van der Waals surface area contributed by atoms with Gasteiger partial charge < -0.3 is 5.32 Å². The van der Waals surface area contributed by atoms with Gasteiger partial charge in [-0.3, -0.25) is 9.48 Å². The molecule has 23 heavy (non-hydrogen) atoms. The van der Waals surface area contributed by atoms with Gasteiger partial charge in [0.1, 0.15) is 5.69 Å². The quantitative estimate of drug-likeness (QED) is 0.915. The lowest BCUT2D eigenvalue weighted by atomic mass is 10.2. The number of carbonyl (C=O) groups is 1. The second-order valence-corrected chi connectivity index (χ2v) is 5.18. The highest BCUT2D eigenvalue weighted by atomic mass is 19.4. The van der Waals surface area contributed by atoms with Gasteiger partial charge in [-0.2, -0.15) is 18.3 Å². The number of anilines is 1. The van der Waals surface area contributed by atoms with E-state index in [0.29, 0.717) is 5.82 Å². The molecule has 124 valence electrons. The van der Waals surface area contributed by atoms with Crippen molar-refractivity contribution in [3.8, 4) is 0 Å². The molecule has 2 rings (SSSR count). The van der Waals surface area contributed by atoms with Gasteiger partial charge in [-0.15, -0.1) is 0 Å². The molecule has 2 heterocycles. The molecule has 5 nitrogen and oxygen atoms in total. The lowest BCUT2D eigenvalue weighted by molar-refractivity contribution is -0.141. The third-order valence-electron chi connectivity index (χ3n) is 3.36. The highest BCUT2D eigenvalue weighted by Gasteiger charge is 2.32. The molecule has 0 saturated heterocycles. The Labute approximate surface area is 131 Å². The van der Waals surface area contributed by atoms with Gasteiger partial charge in [0.05, 0.1) is 12.1 Å². The molecule has 2 aromatic rings. The van der Waals surface area contributed by atoms with Gasteiger partial charge >= 0.3 is 6.18 Å². The Bertz CT molecular complexity index is 681. The molecule has 0 aliphatic rings. The topological polar surface area (TPSA) is 59.8 Å². The van der Waals surface area contributed by atoms with Crippen molar-refractivity contribution in [3.05, 3.63) is 41.9 Å². The molecular weight excluding hydrogens is 309 g/mol. The number of carbonyl (C=O) groups excluding carboxylic acids is 1. The molecule has 1 amide bonds. The number of alkyl halides is 3. The lowest BCUT2D eigenvalue weighted by Crippen LogP contribution is -2.17. The monoisotopic (exact) mass is 326 g/mol. The van der Waals surface area contributed by atoms with Crippen LogP contribution in [0.3, 0.4) is 0 Å². The summed E-state index contributed by atoms with van der Waals surface area (Å²) in [5, 5.41) is 6.76. The summed E-state index contributed by atoms with van der Waals surface area (Å²) >= 11 is 0. The number of nitrogens with zero attached hydrogens (tertiary/aromatic N) is 3. The zero-order valence-corrected chi connectivity index (χ0v) is 12.8. The normalized spacial score (nSPS) is 12.9. The average molecular weight is 326 g/mol. The third kappa shape index (κ3) is 4.54. The van der Waals surface area contributed by atoms with Crippen LogP contribution in [0, 0.1) is 0 Å². The van der Waals surface area contributed by atoms with Crippen molar-refractivity contribution >= 4 is 11.7 Å². The van der Waals surface area contributed by atoms with Gasteiger partial charge in [-0.25, -0.2) is 4.98 Å². The zero-order chi connectivity index (χ0) is 17.0. The van der Waals surface area contributed by atoms with Gasteiger partial charge in [-0.1, -0.05) is 13.0 Å². The second kappa shape index (κ2) is 6.80. The molecule has 0 fully saturated rings. The van der Waals surface area contributed by atoms with Crippen LogP contribution in [-0.4, -0.2) is 20.7 Å². The second-order valence-electron chi connectivity index (χ2n) is 5.18. The number of nitrogens with one attached hydrogen (secondary N) is 1. The first kappa shape index (κ1) is 17.0. The van der Waals surface area contributed by atoms with Crippen LogP contribution in [-0.2, 0) is 17.4 Å². The smallest absolute Gasteiger partial charge is 0.309 e. The number of rotatable bonds is 5. The molecular formula is C15H17F3N4O. The fourth-order valence-electron chi connectivity index (χ4n) is 1.92. The van der Waals surface area contributed by atoms with Gasteiger partial charge in [0.2, 0.25) is 5.91 Å². The maximum absolute atomic E-state index is 12.6. The standard InChI is InChI=1S/C15H17F3N4O/c1-3-10(2)22-8-7-13(21-22)20-14(23)9-11-5-4-6-12(19-11)15(16,17)18/h4-8,10H,3,9H2,1-2H3,(H,20,21,23). The van der Waals surface area contributed by atoms with Crippen LogP contribution in [0.4, 0.5) is 19.0 Å². The lowest BCUT2D eigenvalue weighted by Gasteiger charge is -2.09. The Morgan fingerprint density at radius 1 is 1.35 bits per heavy atom. The Morgan fingerprint density at radius 3 is 2.74 bits per heavy atom. The minimum Gasteiger partial charge on any atom is -0.309 e. The summed E-state index contributed by atoms with van der Waals surface area (Å²) in [6.07, 6.45) is -2.14. The van der Waals surface area contributed by atoms with Crippen molar-refractivity contribution in [2.75, 3.05) is 5.32 Å². The Balaban J connectivity index is 2.01. The van der Waals surface area contributed by atoms with Gasteiger partial charge in [0, 0.05) is 18.3 Å². The van der Waals surface area contributed by atoms with E-state index in [0.717, 1.165) is 12.5 Å². The summed E-state index contributed by atoms with van der Waals surface area (Å²) in [7, 11) is 0. The van der Waals surface area contributed by atoms with Crippen molar-refractivity contribution in [1.82, 2.24) is 14.8 Å². The fraction of sp³-hybridized carbons (Fsp3) is 0.400. The summed E-state index contributed by atoms with van der Waals surface area (Å²) in [4.78, 5) is 15.4. The number of hydrogen-bond acceptors (Lipinski definition) is 3. The Hall–Kier alpha value is -2.38. The first-order valence-electron chi connectivity index (χ1n) is 7.17. The minimum absolute atomic E-state index is 0.0543. The van der Waals surface area contributed by atoms with Crippen molar-refractivity contribution in [1.29, 1.82) is 0 Å². The first-order valence-corrected chi connectivity index (χ1v) is 7.17. The van der Waals surface area contributed by atoms with E-state index in [9.17, 15) is 18.0 Å². The van der Waals surface area contributed by atoms with Gasteiger partial charge in [0.15, 0.2) is 5.82 Å². The maximum atomic E-state index is 12.6. The van der Waals surface area contributed by atoms with Crippen LogP contribution in [0.2, 0.25) is 0 Å². The molecule has 8 heteroatoms. The van der Waals surface area contributed by atoms with E-state index < -0.39 is 17.8 Å². The molecule has 0 aliphatic carbocycles. The molecule has 0 radical (unpaired) electrons. The van der Waals surface area contributed by atoms with Crippen molar-refractivity contribution in [2.45, 2.75) is 38.9 Å². The summed E-state index contributed by atoms with van der Waals surface area (Å²) in [6.45, 7) is 4.01. The van der Waals surface area contributed by atoms with E-state index >= 15 is 0 Å². The summed E-state index contributed by atoms with van der Waals surface area (Å²) in [5.41, 5.74) is -0.956. The van der Waals surface area contributed by atoms with Crippen molar-refractivity contribution in [3.63, 3.8) is 0 Å². The van der Waals surface area contributed by atoms with Crippen molar-refractivity contribution < 1.29 is 18.0 Å². The molecule has 0 spiro atoms. The number of amides is 1. The van der Waals surface area contributed by atoms with Crippen molar-refractivity contribution in [2.24, 2.45) is 0 Å². The minimum atomic E-state index is -4.53. The van der Waals surface area contributed by atoms with Crippen LogP contribution in [0.25, 0.3) is 0 Å². The van der Waals surface area contributed by atoms with E-state index in [4.69, 9.17) is 0 Å². The maximum Gasteiger partial charge on any atom is 0.433 e. The van der Waals surface area contributed by atoms with Gasteiger partial charge in [-0.05, 0) is 25.5 Å². The summed E-state index contributed by atoms with van der Waals surface area (Å²) in [5.74, 6) is -0.103. The highest BCUT2D eigenvalue weighted by Crippen LogP contribution is 2.27. The molecule has 1 N–H and O–H groups in total. The largest absolute Gasteiger partial charge is 0.433 e. The predicted molar refractivity (Wildman–Crippen MR) is 78.8 cm³/mol. The van der Waals surface area contributed by atoms with Crippen LogP contribution < -0.4 is 5.32 Å². The Kier molecular flexibility index (Phi) is 5.02. The fourth-order valence-corrected chi connectivity index (χ4v) is 1.92. The van der Waals surface area contributed by atoms with Crippen LogP contribution in [0.5, 0.6) is 0 Å². The SMILES string of the molecule is CCC(C)n1ccc(NC(=O)Cc2cccc(C(F)(F)F)n2)n1. The number of halogens is 3. The molecule has 0 aliphatic heterocycles. The summed E-state index contributed by atoms with van der Waals surface area (Å²) in [6, 6.07) is 5.33. The third-order valence-corrected chi connectivity index (χ3v) is 3.36. The van der Waals surface area contributed by atoms with Crippen LogP contribution in [0.15, 0.2) is 30.5 Å². The van der Waals surface area contributed by atoms with Crippen LogP contribution >= 0.6 is 0 Å². The molecule has 1 unspecified atom stereocenters. The zero-order valence-electron chi connectivity index (χ0n) is 12.8. The van der Waals surface area contributed by atoms with E-state index in [1.165, 1.54) is 12.1 Å². The number of hydrogen-bond donors (Lipinski definition) is 1. The van der Waals surface area contributed by atoms with Gasteiger partial charge in [0.25, 0.3) is 0 Å². The van der Waals surface area contributed by atoms with E-state index in [-0.39, 0.29) is 18.2 Å². The van der Waals surface area contributed by atoms with E-state index in [1.54, 1.807) is 16.9 Å². The first-order chi connectivity index (χ1) is 10.8. The Morgan fingerprint density at radius 2 is 2.09 bits per heavy atom. The summed E-state index contributed by atoms with van der Waals surface area (Å²) < 4.78 is 39.5. The number of pyridine rings is 1. The average Bonchev–Trinajstić information content (AvgIpc) is 2.94. The molecule has 1 atom stereocenters. The molecule has 0 bridgehead atoms. The molecule has 0 saturated carbocycles. The number of aromatic nitrogens is 3. The molecule has 0 aromatic carbocycles. The van der Waals surface area contributed by atoms with E-state index in [2.05, 4.69) is 15.4 Å². The van der Waals surface area contributed by atoms with Crippen LogP contribution in [0.1, 0.15) is 37.7 Å². The molecule has 2 aromatic heterocycles. The highest BCUT2D eigenvalue weighted by molar-refractivity contribution is 5.91. The predicted octanol–water partition coefficient (Wildman–Crippen LogP) is 3.45. The van der Waals surface area contributed by atoms with E-state index in [1.807, 2.05) is 13.8 Å².